The van der Waals surface area contributed by atoms with Crippen molar-refractivity contribution in [2.24, 2.45) is 0 Å². The van der Waals surface area contributed by atoms with Gasteiger partial charge in [0.05, 0.1) is 12.4 Å². The second-order valence-electron chi connectivity index (χ2n) is 3.72. The Bertz CT molecular complexity index is 462. The zero-order valence-corrected chi connectivity index (χ0v) is 10.2. The lowest BCUT2D eigenvalue weighted by molar-refractivity contribution is 0.286. The van der Waals surface area contributed by atoms with E-state index in [1.165, 1.54) is 0 Å². The Morgan fingerprint density at radius 1 is 1.29 bits per heavy atom. The van der Waals surface area contributed by atoms with Crippen molar-refractivity contribution in [2.45, 2.75) is 40.0 Å². The summed E-state index contributed by atoms with van der Waals surface area (Å²) >= 11 is 0. The first-order chi connectivity index (χ1) is 8.33. The Hall–Kier alpha value is -1.85. The minimum absolute atomic E-state index is 0.426. The first-order valence-corrected chi connectivity index (χ1v) is 5.85. The van der Waals surface area contributed by atoms with Crippen LogP contribution >= 0.6 is 0 Å². The highest BCUT2D eigenvalue weighted by Gasteiger charge is 2.05. The average Bonchev–Trinajstić information content (AvgIpc) is 2.95. The number of ether oxygens (including phenoxy) is 1. The van der Waals surface area contributed by atoms with Crippen LogP contribution in [0.4, 0.5) is 0 Å². The average molecular weight is 235 g/mol. The van der Waals surface area contributed by atoms with Crippen LogP contribution in [0.15, 0.2) is 18.7 Å². The van der Waals surface area contributed by atoms with Gasteiger partial charge in [-0.3, -0.25) is 4.68 Å². The minimum atomic E-state index is 0.426. The summed E-state index contributed by atoms with van der Waals surface area (Å²) in [5, 5.41) is 8.29. The predicted octanol–water partition coefficient (Wildman–Crippen LogP) is 1.48. The second kappa shape index (κ2) is 5.47. The van der Waals surface area contributed by atoms with Crippen molar-refractivity contribution in [2.75, 3.05) is 0 Å². The topological polar surface area (TPSA) is 57.8 Å². The van der Waals surface area contributed by atoms with E-state index in [2.05, 4.69) is 22.1 Å². The molecule has 2 rings (SSSR count). The summed E-state index contributed by atoms with van der Waals surface area (Å²) in [5.41, 5.74) is 0. The molecule has 6 nitrogen and oxygen atoms in total. The van der Waals surface area contributed by atoms with Crippen LogP contribution in [-0.4, -0.2) is 24.5 Å². The highest BCUT2D eigenvalue weighted by atomic mass is 16.5. The molecule has 0 radical (unpaired) electrons. The molecule has 0 bridgehead atoms. The summed E-state index contributed by atoms with van der Waals surface area (Å²) in [7, 11) is 0. The second-order valence-corrected chi connectivity index (χ2v) is 3.72. The summed E-state index contributed by atoms with van der Waals surface area (Å²) in [6, 6.07) is 0. The highest BCUT2D eigenvalue weighted by Crippen LogP contribution is 2.10. The molecule has 17 heavy (non-hydrogen) atoms. The van der Waals surface area contributed by atoms with E-state index in [9.17, 15) is 0 Å². The standard InChI is InChI=1S/C11H17N5O/c1-3-5-16-11(12-9-14-16)8-17-10-6-13-15(4-2)7-10/h6-7,9H,3-5,8H2,1-2H3. The van der Waals surface area contributed by atoms with Crippen LogP contribution in [-0.2, 0) is 19.7 Å². The zero-order chi connectivity index (χ0) is 12.1. The summed E-state index contributed by atoms with van der Waals surface area (Å²) in [6.45, 7) is 6.28. The number of aryl methyl sites for hydroxylation is 2. The van der Waals surface area contributed by atoms with E-state index in [1.54, 1.807) is 12.5 Å². The zero-order valence-electron chi connectivity index (χ0n) is 10.2. The van der Waals surface area contributed by atoms with Crippen LogP contribution in [0.1, 0.15) is 26.1 Å². The number of nitrogens with zero attached hydrogens (tertiary/aromatic N) is 5. The van der Waals surface area contributed by atoms with E-state index in [1.807, 2.05) is 22.5 Å². The fourth-order valence-corrected chi connectivity index (χ4v) is 1.54. The molecule has 0 saturated carbocycles. The number of hydrogen-bond acceptors (Lipinski definition) is 4. The molecule has 0 aliphatic rings. The van der Waals surface area contributed by atoms with E-state index in [4.69, 9.17) is 4.74 Å². The Balaban J connectivity index is 1.94. The maximum Gasteiger partial charge on any atom is 0.164 e. The lowest BCUT2D eigenvalue weighted by Gasteiger charge is -2.04. The molecule has 0 atom stereocenters. The molecule has 0 spiro atoms. The number of aromatic nitrogens is 5. The Morgan fingerprint density at radius 2 is 2.18 bits per heavy atom. The van der Waals surface area contributed by atoms with Crippen LogP contribution in [0.2, 0.25) is 0 Å². The van der Waals surface area contributed by atoms with Gasteiger partial charge in [-0.1, -0.05) is 6.92 Å². The van der Waals surface area contributed by atoms with Gasteiger partial charge in [0.15, 0.2) is 11.6 Å². The lowest BCUT2D eigenvalue weighted by atomic mass is 10.5. The molecule has 2 heterocycles. The molecule has 0 aliphatic carbocycles. The molecule has 0 aromatic carbocycles. The normalized spacial score (nSPS) is 10.7. The van der Waals surface area contributed by atoms with Gasteiger partial charge in [-0.2, -0.15) is 10.2 Å². The first kappa shape index (κ1) is 11.6. The van der Waals surface area contributed by atoms with Gasteiger partial charge in [0, 0.05) is 13.1 Å². The fourth-order valence-electron chi connectivity index (χ4n) is 1.54. The number of rotatable bonds is 6. The highest BCUT2D eigenvalue weighted by molar-refractivity contribution is 5.11. The monoisotopic (exact) mass is 235 g/mol. The van der Waals surface area contributed by atoms with E-state index < -0.39 is 0 Å². The van der Waals surface area contributed by atoms with Crippen LogP contribution in [0.25, 0.3) is 0 Å². The van der Waals surface area contributed by atoms with Crippen molar-refractivity contribution in [3.63, 3.8) is 0 Å². The number of hydrogen-bond donors (Lipinski definition) is 0. The van der Waals surface area contributed by atoms with Crippen molar-refractivity contribution in [3.05, 3.63) is 24.5 Å². The molecule has 6 heteroatoms. The van der Waals surface area contributed by atoms with Gasteiger partial charge >= 0.3 is 0 Å². The molecule has 2 aromatic rings. The molecule has 0 saturated heterocycles. The molecule has 0 N–H and O–H groups in total. The van der Waals surface area contributed by atoms with Gasteiger partial charge < -0.3 is 4.74 Å². The van der Waals surface area contributed by atoms with Crippen LogP contribution < -0.4 is 4.74 Å². The summed E-state index contributed by atoms with van der Waals surface area (Å²) in [4.78, 5) is 4.18. The van der Waals surface area contributed by atoms with Crippen LogP contribution in [0.5, 0.6) is 5.75 Å². The van der Waals surface area contributed by atoms with Crippen LogP contribution in [0, 0.1) is 0 Å². The van der Waals surface area contributed by atoms with Crippen molar-refractivity contribution >= 4 is 0 Å². The largest absolute Gasteiger partial charge is 0.482 e. The third kappa shape index (κ3) is 2.83. The molecule has 0 fully saturated rings. The Labute approximate surface area is 100 Å². The minimum Gasteiger partial charge on any atom is -0.482 e. The third-order valence-corrected chi connectivity index (χ3v) is 2.43. The molecular formula is C11H17N5O. The van der Waals surface area contributed by atoms with Gasteiger partial charge in [0.1, 0.15) is 12.9 Å². The maximum atomic E-state index is 5.61. The van der Waals surface area contributed by atoms with Crippen molar-refractivity contribution < 1.29 is 4.74 Å². The van der Waals surface area contributed by atoms with Gasteiger partial charge in [0.25, 0.3) is 0 Å². The third-order valence-electron chi connectivity index (χ3n) is 2.43. The van der Waals surface area contributed by atoms with E-state index >= 15 is 0 Å². The summed E-state index contributed by atoms with van der Waals surface area (Å²) in [6.07, 6.45) is 6.18. The van der Waals surface area contributed by atoms with Gasteiger partial charge in [-0.25, -0.2) is 9.67 Å². The van der Waals surface area contributed by atoms with Crippen molar-refractivity contribution in [3.8, 4) is 5.75 Å². The maximum absolute atomic E-state index is 5.61. The van der Waals surface area contributed by atoms with Gasteiger partial charge in [-0.05, 0) is 13.3 Å². The molecule has 0 unspecified atom stereocenters. The first-order valence-electron chi connectivity index (χ1n) is 5.85. The molecule has 0 amide bonds. The molecule has 92 valence electrons. The molecular weight excluding hydrogens is 218 g/mol. The Morgan fingerprint density at radius 3 is 2.88 bits per heavy atom. The molecule has 0 aliphatic heterocycles. The lowest BCUT2D eigenvalue weighted by Crippen LogP contribution is -2.08. The predicted molar refractivity (Wildman–Crippen MR) is 62.5 cm³/mol. The van der Waals surface area contributed by atoms with E-state index in [0.717, 1.165) is 31.1 Å². The van der Waals surface area contributed by atoms with Crippen molar-refractivity contribution in [1.82, 2.24) is 24.5 Å². The van der Waals surface area contributed by atoms with Crippen LogP contribution in [0.3, 0.4) is 0 Å². The summed E-state index contributed by atoms with van der Waals surface area (Å²) in [5.74, 6) is 1.61. The van der Waals surface area contributed by atoms with E-state index in [0.29, 0.717) is 6.61 Å². The Kier molecular flexibility index (Phi) is 3.74. The van der Waals surface area contributed by atoms with E-state index in [-0.39, 0.29) is 0 Å². The fraction of sp³-hybridized carbons (Fsp3) is 0.545. The SMILES string of the molecule is CCCn1ncnc1COc1cnn(CC)c1. The van der Waals surface area contributed by atoms with Crippen molar-refractivity contribution in [1.29, 1.82) is 0 Å². The van der Waals surface area contributed by atoms with Gasteiger partial charge in [-0.15, -0.1) is 0 Å². The molecule has 2 aromatic heterocycles. The van der Waals surface area contributed by atoms with Gasteiger partial charge in [0.2, 0.25) is 0 Å². The smallest absolute Gasteiger partial charge is 0.164 e. The quantitative estimate of drug-likeness (QED) is 0.761. The summed E-state index contributed by atoms with van der Waals surface area (Å²) < 4.78 is 9.30.